The second kappa shape index (κ2) is 7.92. The number of carbonyl (C=O) groups excluding carboxylic acids is 1. The Bertz CT molecular complexity index is 905. The van der Waals surface area contributed by atoms with E-state index in [9.17, 15) is 18.0 Å². The van der Waals surface area contributed by atoms with Gasteiger partial charge < -0.3 is 5.32 Å². The van der Waals surface area contributed by atoms with E-state index in [1.807, 2.05) is 37.3 Å². The number of benzene rings is 2. The zero-order valence-corrected chi connectivity index (χ0v) is 15.3. The third-order valence-electron chi connectivity index (χ3n) is 4.03. The second-order valence-corrected chi connectivity index (χ2v) is 6.95. The van der Waals surface area contributed by atoms with Gasteiger partial charge in [-0.15, -0.1) is 11.3 Å². The van der Waals surface area contributed by atoms with Gasteiger partial charge in [-0.05, 0) is 24.6 Å². The molecule has 0 fully saturated rings. The molecule has 1 aromatic heterocycles. The first-order chi connectivity index (χ1) is 12.8. The van der Waals surface area contributed by atoms with Gasteiger partial charge in [0.05, 0.1) is 23.7 Å². The van der Waals surface area contributed by atoms with Gasteiger partial charge in [-0.1, -0.05) is 42.5 Å². The van der Waals surface area contributed by atoms with Crippen LogP contribution in [0.1, 0.15) is 29.8 Å². The number of amides is 1. The Morgan fingerprint density at radius 2 is 1.78 bits per heavy atom. The van der Waals surface area contributed by atoms with Crippen LogP contribution in [0.4, 0.5) is 13.2 Å². The monoisotopic (exact) mass is 390 g/mol. The number of aromatic nitrogens is 1. The van der Waals surface area contributed by atoms with Crippen molar-refractivity contribution < 1.29 is 18.0 Å². The van der Waals surface area contributed by atoms with Gasteiger partial charge in [-0.2, -0.15) is 13.2 Å². The minimum Gasteiger partial charge on any atom is -0.349 e. The lowest BCUT2D eigenvalue weighted by atomic mass is 10.1. The van der Waals surface area contributed by atoms with Crippen LogP contribution in [-0.2, 0) is 17.4 Å². The Labute approximate surface area is 158 Å². The summed E-state index contributed by atoms with van der Waals surface area (Å²) in [6, 6.07) is 14.3. The van der Waals surface area contributed by atoms with Crippen LogP contribution in [0.15, 0.2) is 60.0 Å². The smallest absolute Gasteiger partial charge is 0.349 e. The number of rotatable bonds is 5. The predicted molar refractivity (Wildman–Crippen MR) is 99.3 cm³/mol. The molecule has 1 N–H and O–H groups in total. The topological polar surface area (TPSA) is 42.0 Å². The van der Waals surface area contributed by atoms with Crippen molar-refractivity contribution >= 4 is 17.2 Å². The third-order valence-corrected chi connectivity index (χ3v) is 4.97. The molecular formula is C20H17F3N2OS. The highest BCUT2D eigenvalue weighted by Crippen LogP contribution is 2.31. The maximum absolute atomic E-state index is 12.6. The quantitative estimate of drug-likeness (QED) is 0.647. The number of hydrogen-bond acceptors (Lipinski definition) is 3. The van der Waals surface area contributed by atoms with Gasteiger partial charge >= 0.3 is 6.18 Å². The molecule has 0 saturated carbocycles. The fourth-order valence-electron chi connectivity index (χ4n) is 2.60. The van der Waals surface area contributed by atoms with E-state index in [-0.39, 0.29) is 18.4 Å². The molecule has 1 heterocycles. The average molecular weight is 390 g/mol. The summed E-state index contributed by atoms with van der Waals surface area (Å²) >= 11 is 1.30. The van der Waals surface area contributed by atoms with Crippen LogP contribution < -0.4 is 5.32 Å². The summed E-state index contributed by atoms with van der Waals surface area (Å²) in [6.07, 6.45) is -4.24. The lowest BCUT2D eigenvalue weighted by Crippen LogP contribution is -2.28. The fraction of sp³-hybridized carbons (Fsp3) is 0.200. The molecule has 0 saturated heterocycles. The summed E-state index contributed by atoms with van der Waals surface area (Å²) in [7, 11) is 0. The Morgan fingerprint density at radius 3 is 2.41 bits per heavy atom. The van der Waals surface area contributed by atoms with Crippen molar-refractivity contribution in [3.8, 4) is 10.6 Å². The van der Waals surface area contributed by atoms with Gasteiger partial charge in [0.1, 0.15) is 5.01 Å². The maximum atomic E-state index is 12.6. The van der Waals surface area contributed by atoms with Gasteiger partial charge in [-0.25, -0.2) is 4.98 Å². The van der Waals surface area contributed by atoms with Crippen molar-refractivity contribution in [3.05, 3.63) is 76.8 Å². The summed E-state index contributed by atoms with van der Waals surface area (Å²) in [5.41, 5.74) is 1.50. The van der Waals surface area contributed by atoms with Gasteiger partial charge in [0.2, 0.25) is 5.91 Å². The molecule has 0 bridgehead atoms. The first kappa shape index (κ1) is 19.1. The van der Waals surface area contributed by atoms with Crippen LogP contribution in [0.3, 0.4) is 0 Å². The highest BCUT2D eigenvalue weighted by molar-refractivity contribution is 7.13. The van der Waals surface area contributed by atoms with Crippen LogP contribution in [0, 0.1) is 0 Å². The SMILES string of the molecule is CC(NC(=O)Cc1csc(-c2ccc(C(F)(F)F)cc2)n1)c1ccccc1. The Balaban J connectivity index is 1.63. The molecule has 3 aromatic rings. The first-order valence-corrected chi connectivity index (χ1v) is 9.17. The Morgan fingerprint density at radius 1 is 1.11 bits per heavy atom. The number of nitrogens with zero attached hydrogens (tertiary/aromatic N) is 1. The number of nitrogens with one attached hydrogen (secondary N) is 1. The maximum Gasteiger partial charge on any atom is 0.416 e. The fourth-order valence-corrected chi connectivity index (χ4v) is 3.43. The van der Waals surface area contributed by atoms with Crippen LogP contribution in [0.25, 0.3) is 10.6 Å². The summed E-state index contributed by atoms with van der Waals surface area (Å²) < 4.78 is 37.9. The average Bonchev–Trinajstić information content (AvgIpc) is 3.10. The highest BCUT2D eigenvalue weighted by Gasteiger charge is 2.30. The predicted octanol–water partition coefficient (Wildman–Crippen LogP) is 5.25. The summed E-state index contributed by atoms with van der Waals surface area (Å²) in [4.78, 5) is 16.6. The van der Waals surface area contributed by atoms with Crippen molar-refractivity contribution in [3.63, 3.8) is 0 Å². The van der Waals surface area contributed by atoms with Crippen LogP contribution >= 0.6 is 11.3 Å². The molecule has 140 valence electrons. The van der Waals surface area contributed by atoms with Crippen molar-refractivity contribution in [1.29, 1.82) is 0 Å². The van der Waals surface area contributed by atoms with Crippen LogP contribution in [0.2, 0.25) is 0 Å². The van der Waals surface area contributed by atoms with E-state index in [2.05, 4.69) is 10.3 Å². The number of hydrogen-bond donors (Lipinski definition) is 1. The Hall–Kier alpha value is -2.67. The molecule has 0 aliphatic rings. The van der Waals surface area contributed by atoms with E-state index in [4.69, 9.17) is 0 Å². The normalized spacial score (nSPS) is 12.6. The summed E-state index contributed by atoms with van der Waals surface area (Å²) in [5.74, 6) is -0.157. The van der Waals surface area contributed by atoms with E-state index in [1.165, 1.54) is 23.5 Å². The second-order valence-electron chi connectivity index (χ2n) is 6.10. The van der Waals surface area contributed by atoms with Gasteiger partial charge in [0.15, 0.2) is 0 Å². The Kier molecular flexibility index (Phi) is 5.60. The van der Waals surface area contributed by atoms with Crippen LogP contribution in [0.5, 0.6) is 0 Å². The largest absolute Gasteiger partial charge is 0.416 e. The van der Waals surface area contributed by atoms with Gasteiger partial charge in [0, 0.05) is 10.9 Å². The molecule has 0 spiro atoms. The highest BCUT2D eigenvalue weighted by atomic mass is 32.1. The van der Waals surface area contributed by atoms with E-state index >= 15 is 0 Å². The molecule has 27 heavy (non-hydrogen) atoms. The molecule has 3 rings (SSSR count). The number of carbonyl (C=O) groups is 1. The molecule has 0 radical (unpaired) electrons. The number of alkyl halides is 3. The van der Waals surface area contributed by atoms with E-state index in [1.54, 1.807) is 5.38 Å². The molecule has 2 aromatic carbocycles. The lowest BCUT2D eigenvalue weighted by molar-refractivity contribution is -0.137. The molecule has 0 aliphatic heterocycles. The van der Waals surface area contributed by atoms with Crippen LogP contribution in [-0.4, -0.2) is 10.9 Å². The summed E-state index contributed by atoms with van der Waals surface area (Å²) in [5, 5.41) is 5.25. The van der Waals surface area contributed by atoms with Crippen molar-refractivity contribution in [2.45, 2.75) is 25.6 Å². The zero-order valence-electron chi connectivity index (χ0n) is 14.5. The van der Waals surface area contributed by atoms with Gasteiger partial charge in [0.25, 0.3) is 0 Å². The lowest BCUT2D eigenvalue weighted by Gasteiger charge is -2.13. The van der Waals surface area contributed by atoms with E-state index in [0.29, 0.717) is 16.3 Å². The third kappa shape index (κ3) is 4.95. The standard InChI is InChI=1S/C20H17F3N2OS/c1-13(14-5-3-2-4-6-14)24-18(26)11-17-12-27-19(25-17)15-7-9-16(10-8-15)20(21,22)23/h2-10,12-13H,11H2,1H3,(H,24,26). The zero-order chi connectivity index (χ0) is 19.4. The summed E-state index contributed by atoms with van der Waals surface area (Å²) in [6.45, 7) is 1.90. The number of halogens is 3. The van der Waals surface area contributed by atoms with E-state index in [0.717, 1.165) is 17.7 Å². The molecule has 0 aliphatic carbocycles. The van der Waals surface area contributed by atoms with Gasteiger partial charge in [-0.3, -0.25) is 4.79 Å². The molecule has 1 amide bonds. The number of thiazole rings is 1. The molecule has 1 atom stereocenters. The van der Waals surface area contributed by atoms with Crippen molar-refractivity contribution in [1.82, 2.24) is 10.3 Å². The molecular weight excluding hydrogens is 373 g/mol. The molecule has 1 unspecified atom stereocenters. The first-order valence-electron chi connectivity index (χ1n) is 8.29. The van der Waals surface area contributed by atoms with E-state index < -0.39 is 11.7 Å². The minimum absolute atomic E-state index is 0.119. The molecule has 7 heteroatoms. The van der Waals surface area contributed by atoms with Crippen molar-refractivity contribution in [2.75, 3.05) is 0 Å². The minimum atomic E-state index is -4.36. The van der Waals surface area contributed by atoms with Crippen molar-refractivity contribution in [2.24, 2.45) is 0 Å². The molecule has 3 nitrogen and oxygen atoms in total.